The maximum Gasteiger partial charge on any atom is 0.341 e. The molecule has 5 nitrogen and oxygen atoms in total. The molecule has 6 heteroatoms. The van der Waals surface area contributed by atoms with Crippen molar-refractivity contribution in [3.63, 3.8) is 0 Å². The fourth-order valence-electron chi connectivity index (χ4n) is 2.85. The molecule has 0 fully saturated rings. The van der Waals surface area contributed by atoms with Crippen molar-refractivity contribution in [1.82, 2.24) is 4.57 Å². The lowest BCUT2D eigenvalue weighted by Gasteiger charge is -2.11. The Balaban J connectivity index is 1.81. The average molecular weight is 329 g/mol. The van der Waals surface area contributed by atoms with E-state index in [0.29, 0.717) is 24.2 Å². The monoisotopic (exact) mass is 329 g/mol. The van der Waals surface area contributed by atoms with Gasteiger partial charge in [-0.15, -0.1) is 0 Å². The summed E-state index contributed by atoms with van der Waals surface area (Å²) in [6.45, 7) is 0.226. The van der Waals surface area contributed by atoms with Crippen LogP contribution in [0.25, 0.3) is 0 Å². The van der Waals surface area contributed by atoms with Crippen molar-refractivity contribution in [2.24, 2.45) is 0 Å². The number of nitrogens with zero attached hydrogens (tertiary/aromatic N) is 1. The van der Waals surface area contributed by atoms with Gasteiger partial charge in [0.1, 0.15) is 0 Å². The number of hydrogen-bond donors (Lipinski definition) is 1. The van der Waals surface area contributed by atoms with Crippen molar-refractivity contribution in [3.8, 4) is 0 Å². The van der Waals surface area contributed by atoms with E-state index in [2.05, 4.69) is 0 Å². The average Bonchev–Trinajstić information content (AvgIpc) is 3.14. The van der Waals surface area contributed by atoms with Gasteiger partial charge in [0.15, 0.2) is 11.7 Å². The zero-order valence-corrected chi connectivity index (χ0v) is 13.1. The molecule has 1 atom stereocenters. The van der Waals surface area contributed by atoms with Crippen LogP contribution in [0.5, 0.6) is 0 Å². The maximum absolute atomic E-state index is 12.6. The zero-order valence-electron chi connectivity index (χ0n) is 12.3. The summed E-state index contributed by atoms with van der Waals surface area (Å²) >= 11 is 5.19. The summed E-state index contributed by atoms with van der Waals surface area (Å²) in [5.41, 5.74) is 2.16. The second-order valence-corrected chi connectivity index (χ2v) is 5.74. The lowest BCUT2D eigenvalue weighted by Crippen LogP contribution is -2.16. The lowest BCUT2D eigenvalue weighted by molar-refractivity contribution is -0.139. The van der Waals surface area contributed by atoms with Gasteiger partial charge in [-0.25, -0.2) is 4.79 Å². The first-order valence-corrected chi connectivity index (χ1v) is 7.66. The lowest BCUT2D eigenvalue weighted by atomic mass is 10.1. The summed E-state index contributed by atoms with van der Waals surface area (Å²) < 4.78 is 7.07. The molecule has 1 unspecified atom stereocenters. The highest BCUT2D eigenvalue weighted by Crippen LogP contribution is 2.33. The molecule has 0 saturated carbocycles. The first-order valence-electron chi connectivity index (χ1n) is 7.25. The Morgan fingerprint density at radius 1 is 1.22 bits per heavy atom. The molecule has 2 heterocycles. The Kier molecular flexibility index (Phi) is 4.25. The normalized spacial score (nSPS) is 15.9. The zero-order chi connectivity index (χ0) is 16.4. The standard InChI is InChI=1S/C17H15NO4S/c19-15(20)10-22-17(23)12-8-9-18-13(12)6-7-14(18)16(21)11-4-2-1-3-5-11/h1-7,12H,8-10H2,(H,19,20). The third kappa shape index (κ3) is 3.03. The molecule has 0 amide bonds. The molecule has 0 aliphatic carbocycles. The Hall–Kier alpha value is -2.47. The van der Waals surface area contributed by atoms with Gasteiger partial charge >= 0.3 is 5.97 Å². The predicted molar refractivity (Wildman–Crippen MR) is 87.9 cm³/mol. The van der Waals surface area contributed by atoms with Crippen molar-refractivity contribution in [3.05, 3.63) is 59.4 Å². The number of carboxylic acid groups (broad SMARTS) is 1. The molecule has 0 bridgehead atoms. The number of aliphatic carboxylic acids is 1. The van der Waals surface area contributed by atoms with Crippen LogP contribution in [0, 0.1) is 0 Å². The summed E-state index contributed by atoms with van der Waals surface area (Å²) in [5.74, 6) is -1.24. The summed E-state index contributed by atoms with van der Waals surface area (Å²) in [7, 11) is 0. The van der Waals surface area contributed by atoms with Gasteiger partial charge in [-0.1, -0.05) is 30.3 Å². The van der Waals surface area contributed by atoms with Crippen molar-refractivity contribution in [1.29, 1.82) is 0 Å². The Morgan fingerprint density at radius 3 is 2.65 bits per heavy atom. The Bertz CT molecular complexity index is 766. The van der Waals surface area contributed by atoms with Crippen LogP contribution < -0.4 is 0 Å². The van der Waals surface area contributed by atoms with Crippen molar-refractivity contribution in [2.75, 3.05) is 6.61 Å². The molecule has 0 radical (unpaired) electrons. The summed E-state index contributed by atoms with van der Waals surface area (Å²) in [5, 5.41) is 8.94. The van der Waals surface area contributed by atoms with Crippen LogP contribution in [0.4, 0.5) is 0 Å². The van der Waals surface area contributed by atoms with Crippen LogP contribution in [0.1, 0.15) is 34.1 Å². The molecule has 1 aromatic heterocycles. The molecular formula is C17H15NO4S. The molecule has 23 heavy (non-hydrogen) atoms. The fraction of sp³-hybridized carbons (Fsp3) is 0.235. The highest BCUT2D eigenvalue weighted by atomic mass is 32.1. The summed E-state index contributed by atoms with van der Waals surface area (Å²) in [4.78, 5) is 23.2. The van der Waals surface area contributed by atoms with Gasteiger partial charge in [0, 0.05) is 17.8 Å². The number of rotatable bonds is 5. The highest BCUT2D eigenvalue weighted by molar-refractivity contribution is 7.80. The van der Waals surface area contributed by atoms with Crippen molar-refractivity contribution < 1.29 is 19.4 Å². The smallest absolute Gasteiger partial charge is 0.341 e. The third-order valence-electron chi connectivity index (χ3n) is 3.90. The molecule has 2 aromatic rings. The van der Waals surface area contributed by atoms with Crippen LogP contribution in [0.2, 0.25) is 0 Å². The van der Waals surface area contributed by atoms with Gasteiger partial charge in [-0.2, -0.15) is 0 Å². The Morgan fingerprint density at radius 2 is 1.96 bits per heavy atom. The van der Waals surface area contributed by atoms with Gasteiger partial charge in [0.2, 0.25) is 5.78 Å². The largest absolute Gasteiger partial charge is 0.479 e. The van der Waals surface area contributed by atoms with Crippen LogP contribution in [-0.4, -0.2) is 33.1 Å². The van der Waals surface area contributed by atoms with E-state index in [4.69, 9.17) is 22.1 Å². The first-order chi connectivity index (χ1) is 11.1. The van der Waals surface area contributed by atoms with Crippen LogP contribution in [0.3, 0.4) is 0 Å². The van der Waals surface area contributed by atoms with Gasteiger partial charge in [-0.05, 0) is 30.8 Å². The summed E-state index contributed by atoms with van der Waals surface area (Å²) in [6, 6.07) is 12.8. The van der Waals surface area contributed by atoms with Gasteiger partial charge in [0.05, 0.1) is 11.6 Å². The quantitative estimate of drug-likeness (QED) is 0.674. The van der Waals surface area contributed by atoms with Crippen LogP contribution in [-0.2, 0) is 16.1 Å². The minimum Gasteiger partial charge on any atom is -0.479 e. The molecule has 0 saturated heterocycles. The number of hydrogen-bond acceptors (Lipinski definition) is 4. The number of carbonyl (C=O) groups is 2. The van der Waals surface area contributed by atoms with Crippen LogP contribution >= 0.6 is 12.2 Å². The molecule has 1 aromatic carbocycles. The highest BCUT2D eigenvalue weighted by Gasteiger charge is 2.31. The number of carbonyl (C=O) groups excluding carboxylic acids is 1. The second kappa shape index (κ2) is 6.34. The molecular weight excluding hydrogens is 314 g/mol. The molecule has 3 rings (SSSR count). The van der Waals surface area contributed by atoms with E-state index in [9.17, 15) is 9.59 Å². The van der Waals surface area contributed by atoms with Gasteiger partial charge in [-0.3, -0.25) is 4.79 Å². The molecule has 1 N–H and O–H groups in total. The number of thiocarbonyl (C=S) groups is 1. The van der Waals surface area contributed by atoms with E-state index in [-0.39, 0.29) is 16.8 Å². The topological polar surface area (TPSA) is 68.5 Å². The number of carboxylic acids is 1. The number of ether oxygens (including phenoxy) is 1. The van der Waals surface area contributed by atoms with E-state index < -0.39 is 12.6 Å². The molecule has 1 aliphatic rings. The number of ketones is 1. The van der Waals surface area contributed by atoms with Gasteiger partial charge in [0.25, 0.3) is 0 Å². The third-order valence-corrected chi connectivity index (χ3v) is 4.31. The molecule has 1 aliphatic heterocycles. The van der Waals surface area contributed by atoms with E-state index in [1.807, 2.05) is 28.8 Å². The van der Waals surface area contributed by atoms with E-state index in [1.165, 1.54) is 0 Å². The molecule has 0 spiro atoms. The van der Waals surface area contributed by atoms with E-state index in [1.54, 1.807) is 18.2 Å². The SMILES string of the molecule is O=C(O)COC(=S)C1CCn2c(C(=O)c3ccccc3)ccc21. The first kappa shape index (κ1) is 15.4. The maximum atomic E-state index is 12.6. The van der Waals surface area contributed by atoms with E-state index in [0.717, 1.165) is 5.69 Å². The Labute approximate surface area is 138 Å². The van der Waals surface area contributed by atoms with Gasteiger partial charge < -0.3 is 14.4 Å². The second-order valence-electron chi connectivity index (χ2n) is 5.33. The van der Waals surface area contributed by atoms with Crippen molar-refractivity contribution in [2.45, 2.75) is 18.9 Å². The number of aromatic nitrogens is 1. The predicted octanol–water partition coefficient (Wildman–Crippen LogP) is 2.64. The van der Waals surface area contributed by atoms with Crippen LogP contribution in [0.15, 0.2) is 42.5 Å². The molecule has 118 valence electrons. The summed E-state index contributed by atoms with van der Waals surface area (Å²) in [6.07, 6.45) is 0.712. The number of fused-ring (bicyclic) bond motifs is 1. The fourth-order valence-corrected chi connectivity index (χ4v) is 3.15. The minimum atomic E-state index is -1.05. The van der Waals surface area contributed by atoms with Crippen molar-refractivity contribution >= 4 is 29.0 Å². The van der Waals surface area contributed by atoms with E-state index >= 15 is 0 Å². The minimum absolute atomic E-state index is 0.0325. The number of benzene rings is 1.